The average Bonchev–Trinajstić information content (AvgIpc) is 2.83. The number of nitrogens with zero attached hydrogens (tertiary/aromatic N) is 3. The molecule has 1 saturated carbocycles. The smallest absolute Gasteiger partial charge is 0.410 e. The number of aliphatic hydroxyl groups is 1. The van der Waals surface area contributed by atoms with Crippen LogP contribution in [0.15, 0.2) is 30.3 Å². The minimum Gasteiger partial charge on any atom is -0.444 e. The van der Waals surface area contributed by atoms with Crippen LogP contribution in [0.5, 0.6) is 0 Å². The van der Waals surface area contributed by atoms with Gasteiger partial charge in [-0.2, -0.15) is 13.2 Å². The molecule has 0 bridgehead atoms. The van der Waals surface area contributed by atoms with E-state index in [0.29, 0.717) is 12.8 Å². The van der Waals surface area contributed by atoms with E-state index in [1.165, 1.54) is 4.90 Å². The van der Waals surface area contributed by atoms with E-state index < -0.39 is 42.0 Å². The number of piperazine rings is 1. The molecule has 37 heavy (non-hydrogen) atoms. The number of likely N-dealkylation sites (tertiary alicyclic amines) is 1. The molecule has 2 unspecified atom stereocenters. The summed E-state index contributed by atoms with van der Waals surface area (Å²) in [6.07, 6.45) is -1.56. The summed E-state index contributed by atoms with van der Waals surface area (Å²) < 4.78 is 45.8. The number of hydrogen-bond donors (Lipinski definition) is 1. The van der Waals surface area contributed by atoms with Crippen LogP contribution in [-0.4, -0.2) is 88.4 Å². The molecule has 0 radical (unpaired) electrons. The van der Waals surface area contributed by atoms with Gasteiger partial charge in [0.25, 0.3) is 0 Å². The molecule has 4 rings (SSSR count). The summed E-state index contributed by atoms with van der Waals surface area (Å²) >= 11 is 0. The van der Waals surface area contributed by atoms with E-state index in [4.69, 9.17) is 4.74 Å². The van der Waals surface area contributed by atoms with Gasteiger partial charge in [-0.05, 0) is 45.6 Å². The maximum absolute atomic E-state index is 14.0. The number of halogens is 3. The Kier molecular flexibility index (Phi) is 7.82. The summed E-state index contributed by atoms with van der Waals surface area (Å²) in [5.41, 5.74) is -1.04. The molecule has 2 heterocycles. The van der Waals surface area contributed by atoms with Gasteiger partial charge in [0.05, 0.1) is 12.1 Å². The first-order valence-electron chi connectivity index (χ1n) is 13.2. The third kappa shape index (κ3) is 6.22. The molecule has 3 aliphatic rings. The topological polar surface area (TPSA) is 73.3 Å². The van der Waals surface area contributed by atoms with E-state index in [9.17, 15) is 27.9 Å². The van der Waals surface area contributed by atoms with E-state index in [-0.39, 0.29) is 38.1 Å². The van der Waals surface area contributed by atoms with Crippen molar-refractivity contribution in [3.63, 3.8) is 0 Å². The summed E-state index contributed by atoms with van der Waals surface area (Å²) in [5.74, 6) is -0.618. The summed E-state index contributed by atoms with van der Waals surface area (Å²) in [6.45, 7) is 3.99. The van der Waals surface area contributed by atoms with Gasteiger partial charge in [-0.15, -0.1) is 0 Å². The second kappa shape index (κ2) is 10.4. The normalized spacial score (nSPS) is 29.5. The minimum atomic E-state index is -4.48. The van der Waals surface area contributed by atoms with Crippen molar-refractivity contribution in [2.45, 2.75) is 82.3 Å². The lowest BCUT2D eigenvalue weighted by Gasteiger charge is -2.54. The molecular weight excluding hydrogens is 487 g/mol. The van der Waals surface area contributed by atoms with Gasteiger partial charge in [0.15, 0.2) is 0 Å². The van der Waals surface area contributed by atoms with Crippen molar-refractivity contribution in [2.75, 3.05) is 32.7 Å². The number of carbonyl (C=O) groups excluding carboxylic acids is 2. The lowest BCUT2D eigenvalue weighted by atomic mass is 9.66. The highest BCUT2D eigenvalue weighted by Gasteiger charge is 2.52. The van der Waals surface area contributed by atoms with Gasteiger partial charge in [-0.25, -0.2) is 4.79 Å². The third-order valence-corrected chi connectivity index (χ3v) is 7.84. The van der Waals surface area contributed by atoms with Crippen LogP contribution in [-0.2, 0) is 15.1 Å². The standard InChI is InChI=1S/C27H38F3N3O4/c1-25(2,3)37-24(35)31-15-16-32(18-27(28,29)30)22(17-31)23(34)33-14-13-26(36,19-9-5-4-6-10-19)20-11-7-8-12-21(20)33/h4-6,9-10,20-22,36H,7-8,11-18H2,1-3H3/t20-,21+,22?,26?/m1/s1. The molecule has 2 saturated heterocycles. The van der Waals surface area contributed by atoms with Crippen LogP contribution >= 0.6 is 0 Å². The van der Waals surface area contributed by atoms with Gasteiger partial charge in [-0.3, -0.25) is 9.69 Å². The first kappa shape index (κ1) is 27.7. The highest BCUT2D eigenvalue weighted by atomic mass is 19.4. The summed E-state index contributed by atoms with van der Waals surface area (Å²) in [7, 11) is 0. The number of amides is 2. The van der Waals surface area contributed by atoms with Crippen molar-refractivity contribution in [3.05, 3.63) is 35.9 Å². The SMILES string of the molecule is CC(C)(C)OC(=O)N1CCN(CC(F)(F)F)C(C(=O)N2CCC(O)(c3ccccc3)[C@@H]3CCCC[C@@H]32)C1. The van der Waals surface area contributed by atoms with Crippen molar-refractivity contribution in [1.29, 1.82) is 0 Å². The van der Waals surface area contributed by atoms with E-state index in [0.717, 1.165) is 29.7 Å². The van der Waals surface area contributed by atoms with Crippen LogP contribution < -0.4 is 0 Å². The van der Waals surface area contributed by atoms with E-state index in [1.807, 2.05) is 30.3 Å². The summed E-state index contributed by atoms with van der Waals surface area (Å²) in [4.78, 5) is 30.8. The van der Waals surface area contributed by atoms with E-state index in [1.54, 1.807) is 25.7 Å². The maximum Gasteiger partial charge on any atom is 0.410 e. The molecule has 0 aromatic heterocycles. The van der Waals surface area contributed by atoms with Gasteiger partial charge >= 0.3 is 12.3 Å². The fourth-order valence-corrected chi connectivity index (χ4v) is 6.20. The number of ether oxygens (including phenoxy) is 1. The van der Waals surface area contributed by atoms with Crippen LogP contribution in [0.3, 0.4) is 0 Å². The molecule has 1 N–H and O–H groups in total. The number of fused-ring (bicyclic) bond motifs is 1. The number of carbonyl (C=O) groups is 2. The molecule has 0 spiro atoms. The van der Waals surface area contributed by atoms with Gasteiger partial charge in [0.2, 0.25) is 5.91 Å². The molecule has 1 aliphatic carbocycles. The van der Waals surface area contributed by atoms with Crippen LogP contribution in [0, 0.1) is 5.92 Å². The molecule has 3 fully saturated rings. The molecule has 1 aromatic carbocycles. The zero-order chi connectivity index (χ0) is 27.0. The summed E-state index contributed by atoms with van der Waals surface area (Å²) in [6, 6.07) is 8.04. The fraction of sp³-hybridized carbons (Fsp3) is 0.704. The van der Waals surface area contributed by atoms with Crippen LogP contribution in [0.25, 0.3) is 0 Å². The minimum absolute atomic E-state index is 0.0502. The number of benzene rings is 1. The Hall–Kier alpha value is -2.33. The second-order valence-electron chi connectivity index (χ2n) is 11.6. The largest absolute Gasteiger partial charge is 0.444 e. The molecule has 7 nitrogen and oxygen atoms in total. The van der Waals surface area contributed by atoms with Crippen LogP contribution in [0.2, 0.25) is 0 Å². The number of alkyl halides is 3. The zero-order valence-corrected chi connectivity index (χ0v) is 21.8. The van der Waals surface area contributed by atoms with Crippen molar-refractivity contribution in [1.82, 2.24) is 14.7 Å². The van der Waals surface area contributed by atoms with Gasteiger partial charge in [0.1, 0.15) is 11.6 Å². The Bertz CT molecular complexity index is 968. The monoisotopic (exact) mass is 525 g/mol. The van der Waals surface area contributed by atoms with Gasteiger partial charge in [-0.1, -0.05) is 43.2 Å². The Morgan fingerprint density at radius 1 is 1.05 bits per heavy atom. The van der Waals surface area contributed by atoms with Crippen molar-refractivity contribution < 1.29 is 32.6 Å². The molecule has 206 valence electrons. The van der Waals surface area contributed by atoms with Crippen LogP contribution in [0.4, 0.5) is 18.0 Å². The fourth-order valence-electron chi connectivity index (χ4n) is 6.20. The molecule has 2 amide bonds. The van der Waals surface area contributed by atoms with Crippen LogP contribution in [0.1, 0.15) is 58.4 Å². The highest BCUT2D eigenvalue weighted by molar-refractivity contribution is 5.84. The first-order chi connectivity index (χ1) is 17.3. The second-order valence-corrected chi connectivity index (χ2v) is 11.6. The number of rotatable bonds is 3. The van der Waals surface area contributed by atoms with Crippen molar-refractivity contribution in [2.24, 2.45) is 5.92 Å². The lowest BCUT2D eigenvalue weighted by Crippen LogP contribution is -2.66. The first-order valence-corrected chi connectivity index (χ1v) is 13.2. The number of piperidine rings is 1. The van der Waals surface area contributed by atoms with Gasteiger partial charge in [0, 0.05) is 38.1 Å². The van der Waals surface area contributed by atoms with Crippen molar-refractivity contribution in [3.8, 4) is 0 Å². The van der Waals surface area contributed by atoms with E-state index in [2.05, 4.69) is 0 Å². The van der Waals surface area contributed by atoms with Gasteiger partial charge < -0.3 is 19.6 Å². The van der Waals surface area contributed by atoms with Crippen molar-refractivity contribution >= 4 is 12.0 Å². The predicted molar refractivity (Wildman–Crippen MR) is 132 cm³/mol. The zero-order valence-electron chi connectivity index (χ0n) is 21.8. The predicted octanol–water partition coefficient (Wildman–Crippen LogP) is 4.15. The maximum atomic E-state index is 14.0. The Labute approximate surface area is 216 Å². The molecular formula is C27H38F3N3O4. The molecule has 10 heteroatoms. The third-order valence-electron chi connectivity index (χ3n) is 7.84. The Balaban J connectivity index is 1.59. The average molecular weight is 526 g/mol. The molecule has 2 aliphatic heterocycles. The number of hydrogen-bond acceptors (Lipinski definition) is 5. The quantitative estimate of drug-likeness (QED) is 0.642. The highest BCUT2D eigenvalue weighted by Crippen LogP contribution is 2.47. The lowest BCUT2D eigenvalue weighted by molar-refractivity contribution is -0.173. The molecule has 4 atom stereocenters. The van der Waals surface area contributed by atoms with E-state index >= 15 is 0 Å². The Morgan fingerprint density at radius 3 is 2.38 bits per heavy atom. The Morgan fingerprint density at radius 2 is 1.73 bits per heavy atom. The summed E-state index contributed by atoms with van der Waals surface area (Å²) in [5, 5.41) is 11.8. The molecule has 1 aromatic rings.